The van der Waals surface area contributed by atoms with Crippen molar-refractivity contribution >= 4 is 15.9 Å². The van der Waals surface area contributed by atoms with Gasteiger partial charge < -0.3 is 14.8 Å². The zero-order valence-corrected chi connectivity index (χ0v) is 15.7. The van der Waals surface area contributed by atoms with Crippen molar-refractivity contribution in [3.05, 3.63) is 54.1 Å². The molecule has 2 aromatic carbocycles. The minimum Gasteiger partial charge on any atom is -0.497 e. The fourth-order valence-corrected chi connectivity index (χ4v) is 2.94. The Morgan fingerprint density at radius 3 is 2.38 bits per heavy atom. The number of ether oxygens (including phenoxy) is 2. The molecule has 2 aromatic rings. The molecule has 0 bridgehead atoms. The monoisotopic (exact) mass is 378 g/mol. The van der Waals surface area contributed by atoms with Gasteiger partial charge >= 0.3 is 0 Å². The first kappa shape index (κ1) is 19.7. The van der Waals surface area contributed by atoms with Crippen LogP contribution in [0.4, 0.5) is 0 Å². The van der Waals surface area contributed by atoms with Crippen LogP contribution in [0.5, 0.6) is 11.5 Å². The molecule has 0 aliphatic heterocycles. The van der Waals surface area contributed by atoms with Gasteiger partial charge in [-0.25, -0.2) is 13.1 Å². The van der Waals surface area contributed by atoms with Crippen LogP contribution in [-0.2, 0) is 10.0 Å². The fraction of sp³-hybridized carbons (Fsp3) is 0.278. The molecule has 0 radical (unpaired) electrons. The van der Waals surface area contributed by atoms with E-state index >= 15 is 0 Å². The first-order chi connectivity index (χ1) is 12.4. The molecule has 0 aromatic heterocycles. The van der Waals surface area contributed by atoms with Gasteiger partial charge in [0.05, 0.1) is 18.0 Å². The Kier molecular flexibility index (Phi) is 6.59. The number of nitrogens with one attached hydrogen (secondary N) is 2. The van der Waals surface area contributed by atoms with E-state index < -0.39 is 10.0 Å². The van der Waals surface area contributed by atoms with Gasteiger partial charge in [-0.3, -0.25) is 4.79 Å². The summed E-state index contributed by atoms with van der Waals surface area (Å²) in [6.07, 6.45) is 0. The second-order valence-corrected chi connectivity index (χ2v) is 7.48. The van der Waals surface area contributed by atoms with Crippen molar-refractivity contribution in [2.45, 2.75) is 17.9 Å². The van der Waals surface area contributed by atoms with Crippen LogP contribution < -0.4 is 19.5 Å². The van der Waals surface area contributed by atoms with Crippen LogP contribution in [0.3, 0.4) is 0 Å². The topological polar surface area (TPSA) is 93.7 Å². The molecule has 1 atom stereocenters. The third-order valence-corrected chi connectivity index (χ3v) is 5.02. The van der Waals surface area contributed by atoms with Gasteiger partial charge in [0.1, 0.15) is 18.1 Å². The molecule has 0 aliphatic rings. The highest BCUT2D eigenvalue weighted by Crippen LogP contribution is 2.17. The largest absolute Gasteiger partial charge is 0.497 e. The number of hydrogen-bond acceptors (Lipinski definition) is 5. The van der Waals surface area contributed by atoms with Crippen molar-refractivity contribution < 1.29 is 22.7 Å². The molecule has 0 fully saturated rings. The average molecular weight is 378 g/mol. The minimum atomic E-state index is -3.60. The fourth-order valence-electron chi connectivity index (χ4n) is 2.16. The van der Waals surface area contributed by atoms with Crippen molar-refractivity contribution in [3.8, 4) is 11.5 Å². The van der Waals surface area contributed by atoms with E-state index in [1.807, 2.05) is 0 Å². The smallest absolute Gasteiger partial charge is 0.251 e. The molecule has 26 heavy (non-hydrogen) atoms. The van der Waals surface area contributed by atoms with Gasteiger partial charge in [0.2, 0.25) is 10.0 Å². The lowest BCUT2D eigenvalue weighted by atomic mass is 10.2. The molecule has 0 spiro atoms. The van der Waals surface area contributed by atoms with E-state index in [9.17, 15) is 13.2 Å². The second-order valence-electron chi connectivity index (χ2n) is 5.60. The van der Waals surface area contributed by atoms with Gasteiger partial charge in [-0.1, -0.05) is 6.07 Å². The molecule has 1 unspecified atom stereocenters. The van der Waals surface area contributed by atoms with E-state index in [2.05, 4.69) is 10.0 Å². The molecule has 2 N–H and O–H groups in total. The van der Waals surface area contributed by atoms with E-state index in [0.29, 0.717) is 5.75 Å². The standard InChI is InChI=1S/C18H22N2O5S/c1-13(12-25-16-9-7-15(24-3)8-10-16)20-18(21)14-5-4-6-17(11-14)26(22,23)19-2/h4-11,13,19H,12H2,1-3H3,(H,20,21). The predicted octanol–water partition coefficient (Wildman–Crippen LogP) is 1.80. The minimum absolute atomic E-state index is 0.0368. The van der Waals surface area contributed by atoms with Gasteiger partial charge in [-0.15, -0.1) is 0 Å². The summed E-state index contributed by atoms with van der Waals surface area (Å²) in [6, 6.07) is 12.7. The average Bonchev–Trinajstić information content (AvgIpc) is 2.66. The van der Waals surface area contributed by atoms with Crippen LogP contribution in [0, 0.1) is 0 Å². The van der Waals surface area contributed by atoms with E-state index in [4.69, 9.17) is 9.47 Å². The van der Waals surface area contributed by atoms with Crippen LogP contribution in [0.2, 0.25) is 0 Å². The zero-order valence-electron chi connectivity index (χ0n) is 14.9. The maximum absolute atomic E-state index is 12.3. The molecular weight excluding hydrogens is 356 g/mol. The summed E-state index contributed by atoms with van der Waals surface area (Å²) in [5.74, 6) is 1.02. The molecule has 1 amide bonds. The molecule has 0 saturated heterocycles. The lowest BCUT2D eigenvalue weighted by Crippen LogP contribution is -2.36. The lowest BCUT2D eigenvalue weighted by Gasteiger charge is -2.15. The summed E-state index contributed by atoms with van der Waals surface area (Å²) in [5.41, 5.74) is 0.262. The summed E-state index contributed by atoms with van der Waals surface area (Å²) >= 11 is 0. The number of methoxy groups -OCH3 is 1. The summed E-state index contributed by atoms with van der Waals surface area (Å²) in [7, 11) is -0.692. The summed E-state index contributed by atoms with van der Waals surface area (Å²) in [5, 5.41) is 2.78. The molecule has 7 nitrogen and oxygen atoms in total. The molecule has 2 rings (SSSR count). The van der Waals surface area contributed by atoms with Gasteiger partial charge in [-0.2, -0.15) is 0 Å². The van der Waals surface area contributed by atoms with E-state index in [-0.39, 0.29) is 29.0 Å². The quantitative estimate of drug-likeness (QED) is 0.731. The number of carbonyl (C=O) groups excluding carboxylic acids is 1. The van der Waals surface area contributed by atoms with E-state index in [1.54, 1.807) is 44.4 Å². The first-order valence-corrected chi connectivity index (χ1v) is 9.45. The number of hydrogen-bond donors (Lipinski definition) is 2. The highest BCUT2D eigenvalue weighted by Gasteiger charge is 2.15. The zero-order chi connectivity index (χ0) is 19.2. The van der Waals surface area contributed by atoms with Gasteiger partial charge in [0, 0.05) is 5.56 Å². The third-order valence-electron chi connectivity index (χ3n) is 3.61. The molecule has 0 aliphatic carbocycles. The number of amides is 1. The summed E-state index contributed by atoms with van der Waals surface area (Å²) < 4.78 is 36.6. The number of rotatable bonds is 8. The van der Waals surface area contributed by atoms with E-state index in [0.717, 1.165) is 5.75 Å². The SMILES string of the molecule is CNS(=O)(=O)c1cccc(C(=O)NC(C)COc2ccc(OC)cc2)c1. The van der Waals surface area contributed by atoms with Gasteiger partial charge in [0.25, 0.3) is 5.91 Å². The Bertz CT molecular complexity index is 850. The van der Waals surface area contributed by atoms with Crippen LogP contribution in [0.15, 0.2) is 53.4 Å². The number of sulfonamides is 1. The Balaban J connectivity index is 1.95. The highest BCUT2D eigenvalue weighted by atomic mass is 32.2. The lowest BCUT2D eigenvalue weighted by molar-refractivity contribution is 0.0926. The Labute approximate surface area is 153 Å². The van der Waals surface area contributed by atoms with Crippen LogP contribution in [0.25, 0.3) is 0 Å². The van der Waals surface area contributed by atoms with Gasteiger partial charge in [0.15, 0.2) is 0 Å². The summed E-state index contributed by atoms with van der Waals surface area (Å²) in [4.78, 5) is 12.4. The van der Waals surface area contributed by atoms with Crippen LogP contribution in [0.1, 0.15) is 17.3 Å². The normalized spacial score (nSPS) is 12.3. The molecule has 8 heteroatoms. The number of carbonyl (C=O) groups is 1. The number of benzene rings is 2. The van der Waals surface area contributed by atoms with Crippen molar-refractivity contribution in [1.82, 2.24) is 10.0 Å². The van der Waals surface area contributed by atoms with Crippen molar-refractivity contribution in [2.24, 2.45) is 0 Å². The van der Waals surface area contributed by atoms with Crippen molar-refractivity contribution in [3.63, 3.8) is 0 Å². The Morgan fingerprint density at radius 2 is 1.77 bits per heavy atom. The van der Waals surface area contributed by atoms with E-state index in [1.165, 1.54) is 25.2 Å². The van der Waals surface area contributed by atoms with Crippen molar-refractivity contribution in [1.29, 1.82) is 0 Å². The highest BCUT2D eigenvalue weighted by molar-refractivity contribution is 7.89. The predicted molar refractivity (Wildman–Crippen MR) is 98.1 cm³/mol. The van der Waals surface area contributed by atoms with Gasteiger partial charge in [-0.05, 0) is 56.4 Å². The maximum atomic E-state index is 12.3. The molecule has 140 valence electrons. The molecular formula is C18H22N2O5S. The van der Waals surface area contributed by atoms with Crippen LogP contribution in [-0.4, -0.2) is 41.1 Å². The summed E-state index contributed by atoms with van der Waals surface area (Å²) in [6.45, 7) is 2.07. The molecule has 0 saturated carbocycles. The van der Waals surface area contributed by atoms with Crippen molar-refractivity contribution in [2.75, 3.05) is 20.8 Å². The maximum Gasteiger partial charge on any atom is 0.251 e. The Morgan fingerprint density at radius 1 is 1.12 bits per heavy atom. The second kappa shape index (κ2) is 8.68. The van der Waals surface area contributed by atoms with Crippen LogP contribution >= 0.6 is 0 Å². The molecule has 0 heterocycles. The first-order valence-electron chi connectivity index (χ1n) is 7.97. The third kappa shape index (κ3) is 5.21. The Hall–Kier alpha value is -2.58.